The van der Waals surface area contributed by atoms with Crippen molar-refractivity contribution in [3.8, 4) is 0 Å². The number of carbonyl (C=O) groups is 2. The first kappa shape index (κ1) is 13.6. The van der Waals surface area contributed by atoms with Gasteiger partial charge in [0.1, 0.15) is 6.29 Å². The van der Waals surface area contributed by atoms with Gasteiger partial charge in [-0.1, -0.05) is 0 Å². The summed E-state index contributed by atoms with van der Waals surface area (Å²) >= 11 is 0. The van der Waals surface area contributed by atoms with Gasteiger partial charge in [-0.25, -0.2) is 8.42 Å². The molecule has 0 bridgehead atoms. The Kier molecular flexibility index (Phi) is 6.93. The van der Waals surface area contributed by atoms with Gasteiger partial charge in [0.05, 0.1) is 0 Å². The Morgan fingerprint density at radius 2 is 1.82 bits per heavy atom. The van der Waals surface area contributed by atoms with Gasteiger partial charge in [0, 0.05) is 0 Å². The van der Waals surface area contributed by atoms with Gasteiger partial charge in [-0.05, 0) is 12.2 Å². The molecule has 0 spiro atoms. The van der Waals surface area contributed by atoms with Crippen LogP contribution in [0.4, 0.5) is 0 Å². The van der Waals surface area contributed by atoms with Crippen LogP contribution in [0.2, 0.25) is 0 Å². The Morgan fingerprint density at radius 1 is 1.36 bits per heavy atom. The first-order valence-electron chi connectivity index (χ1n) is 2.10. The molecule has 0 heterocycles. The third-order valence-electron chi connectivity index (χ3n) is 0.557. The zero-order valence-corrected chi connectivity index (χ0v) is 8.50. The maximum Gasteiger partial charge on any atom is 1.00 e. The predicted molar refractivity (Wildman–Crippen MR) is 29.9 cm³/mol. The number of rotatable bonds is 2. The summed E-state index contributed by atoms with van der Waals surface area (Å²) in [6.07, 6.45) is 1.23. The molecule has 0 aliphatic rings. The van der Waals surface area contributed by atoms with E-state index in [1.54, 1.807) is 0 Å². The Labute approximate surface area is 85.5 Å². The summed E-state index contributed by atoms with van der Waals surface area (Å²) in [4.78, 5) is 19.6. The maximum atomic E-state index is 10.1. The molecule has 0 aromatic rings. The Hall–Kier alpha value is -0.0100. The minimum Gasteiger partial charge on any atom is -0.742 e. The number of aldehydes is 1. The van der Waals surface area contributed by atoms with Gasteiger partial charge in [-0.3, -0.25) is 9.59 Å². The van der Waals surface area contributed by atoms with Crippen LogP contribution in [0.5, 0.6) is 0 Å². The van der Waals surface area contributed by atoms with Crippen LogP contribution in [0, 0.1) is 0 Å². The van der Waals surface area contributed by atoms with Crippen molar-refractivity contribution in [3.05, 3.63) is 12.2 Å². The third-order valence-corrected chi connectivity index (χ3v) is 1.19. The average molecular weight is 186 g/mol. The molecule has 0 rings (SSSR count). The standard InChI is InChI=1S/C4H4O5S.Na/c5-3-1-2-4(6)10(7,8)9;/h1-3H,(H,7,8,9);/q;+1/p-1/b2-1-;. The molecule has 0 radical (unpaired) electrons. The van der Waals surface area contributed by atoms with E-state index in [0.29, 0.717) is 12.2 Å². The normalized spacial score (nSPS) is 10.6. The molecule has 0 unspecified atom stereocenters. The minimum absolute atomic E-state index is 0. The minimum atomic E-state index is -4.91. The van der Waals surface area contributed by atoms with Crippen molar-refractivity contribution >= 4 is 21.5 Å². The van der Waals surface area contributed by atoms with Gasteiger partial charge >= 0.3 is 29.6 Å². The summed E-state index contributed by atoms with van der Waals surface area (Å²) in [5.74, 6) is 0. The van der Waals surface area contributed by atoms with E-state index in [1.165, 1.54) is 0 Å². The van der Waals surface area contributed by atoms with Gasteiger partial charge in [-0.15, -0.1) is 0 Å². The number of hydrogen-bond donors (Lipinski definition) is 0. The number of carbonyl (C=O) groups excluding carboxylic acids is 2. The second-order valence-electron chi connectivity index (χ2n) is 1.27. The Morgan fingerprint density at radius 3 is 2.09 bits per heavy atom. The van der Waals surface area contributed by atoms with Crippen LogP contribution in [0.15, 0.2) is 12.2 Å². The Bertz CT molecular complexity index is 264. The molecule has 0 amide bonds. The Balaban J connectivity index is 0. The van der Waals surface area contributed by atoms with E-state index < -0.39 is 15.2 Å². The first-order chi connectivity index (χ1) is 4.48. The third kappa shape index (κ3) is 6.39. The molecule has 56 valence electrons. The van der Waals surface area contributed by atoms with Crippen molar-refractivity contribution in [2.75, 3.05) is 0 Å². The first-order valence-corrected chi connectivity index (χ1v) is 3.51. The molecular weight excluding hydrogens is 183 g/mol. The zero-order chi connectivity index (χ0) is 8.20. The molecule has 0 atom stereocenters. The van der Waals surface area contributed by atoms with Crippen molar-refractivity contribution < 1.29 is 52.1 Å². The molecular formula is C4H3NaO5S. The quantitative estimate of drug-likeness (QED) is 0.189. The molecule has 7 heteroatoms. The summed E-state index contributed by atoms with van der Waals surface area (Å²) in [5, 5.41) is -1.61. The monoisotopic (exact) mass is 186 g/mol. The fourth-order valence-electron chi connectivity index (χ4n) is 0.201. The van der Waals surface area contributed by atoms with Crippen molar-refractivity contribution in [1.29, 1.82) is 0 Å². The zero-order valence-electron chi connectivity index (χ0n) is 5.68. The molecule has 11 heavy (non-hydrogen) atoms. The summed E-state index contributed by atoms with van der Waals surface area (Å²) in [6.45, 7) is 0. The fraction of sp³-hybridized carbons (Fsp3) is 0. The van der Waals surface area contributed by atoms with E-state index in [4.69, 9.17) is 0 Å². The average Bonchev–Trinajstić information content (AvgIpc) is 1.80. The molecule has 0 N–H and O–H groups in total. The fourth-order valence-corrected chi connectivity index (χ4v) is 0.446. The van der Waals surface area contributed by atoms with E-state index >= 15 is 0 Å². The molecule has 0 aromatic carbocycles. The summed E-state index contributed by atoms with van der Waals surface area (Å²) in [6, 6.07) is 0. The van der Waals surface area contributed by atoms with E-state index in [1.807, 2.05) is 0 Å². The second kappa shape index (κ2) is 5.62. The summed E-state index contributed by atoms with van der Waals surface area (Å²) in [5.41, 5.74) is 0. The SMILES string of the molecule is O=C/C=C\C(=O)S(=O)(=O)[O-].[Na+]. The van der Waals surface area contributed by atoms with Crippen LogP contribution >= 0.6 is 0 Å². The van der Waals surface area contributed by atoms with Crippen LogP contribution in [-0.4, -0.2) is 24.4 Å². The molecule has 0 saturated carbocycles. The molecule has 5 nitrogen and oxygen atoms in total. The predicted octanol–water partition coefficient (Wildman–Crippen LogP) is -4.18. The largest absolute Gasteiger partial charge is 1.00 e. The molecule has 0 saturated heterocycles. The van der Waals surface area contributed by atoms with Crippen molar-refractivity contribution in [1.82, 2.24) is 0 Å². The van der Waals surface area contributed by atoms with Crippen LogP contribution < -0.4 is 29.6 Å². The van der Waals surface area contributed by atoms with Crippen LogP contribution in [-0.2, 0) is 19.7 Å². The van der Waals surface area contributed by atoms with Gasteiger partial charge < -0.3 is 4.55 Å². The number of allylic oxidation sites excluding steroid dienone is 1. The summed E-state index contributed by atoms with van der Waals surface area (Å²) < 4.78 is 29.3. The van der Waals surface area contributed by atoms with Crippen LogP contribution in [0.3, 0.4) is 0 Å². The van der Waals surface area contributed by atoms with E-state index in [-0.39, 0.29) is 35.8 Å². The van der Waals surface area contributed by atoms with Gasteiger partial charge in [0.2, 0.25) is 0 Å². The maximum absolute atomic E-state index is 10.1. The smallest absolute Gasteiger partial charge is 0.742 e. The topological polar surface area (TPSA) is 91.3 Å². The summed E-state index contributed by atoms with van der Waals surface area (Å²) in [7, 11) is -4.91. The van der Waals surface area contributed by atoms with Crippen molar-refractivity contribution in [3.63, 3.8) is 0 Å². The van der Waals surface area contributed by atoms with Gasteiger partial charge in [-0.2, -0.15) is 0 Å². The molecule has 0 aliphatic heterocycles. The van der Waals surface area contributed by atoms with E-state index in [9.17, 15) is 22.6 Å². The van der Waals surface area contributed by atoms with E-state index in [2.05, 4.69) is 0 Å². The van der Waals surface area contributed by atoms with Crippen LogP contribution in [0.1, 0.15) is 0 Å². The molecule has 0 fully saturated rings. The second-order valence-corrected chi connectivity index (χ2v) is 2.58. The van der Waals surface area contributed by atoms with Crippen molar-refractivity contribution in [2.24, 2.45) is 0 Å². The number of hydrogen-bond acceptors (Lipinski definition) is 5. The molecule has 0 aromatic heterocycles. The van der Waals surface area contributed by atoms with Gasteiger partial charge in [0.15, 0.2) is 10.1 Å². The molecule has 0 aliphatic carbocycles. The van der Waals surface area contributed by atoms with E-state index in [0.717, 1.165) is 0 Å². The van der Waals surface area contributed by atoms with Crippen LogP contribution in [0.25, 0.3) is 0 Å². The van der Waals surface area contributed by atoms with Gasteiger partial charge in [0.25, 0.3) is 5.12 Å². The van der Waals surface area contributed by atoms with Crippen molar-refractivity contribution in [2.45, 2.75) is 0 Å².